The molecule has 0 aromatic rings. The molecule has 0 amide bonds. The quantitative estimate of drug-likeness (QED) is 0.257. The number of allylic oxidation sites excluding steroid dienone is 2. The van der Waals surface area contributed by atoms with Crippen molar-refractivity contribution in [3.05, 3.63) is 12.2 Å². The molecule has 0 atom stereocenters. The molecule has 0 aliphatic carbocycles. The van der Waals surface area contributed by atoms with Crippen molar-refractivity contribution in [1.82, 2.24) is 0 Å². The van der Waals surface area contributed by atoms with Crippen LogP contribution in [0.4, 0.5) is 0 Å². The molecule has 4 nitrogen and oxygen atoms in total. The summed E-state index contributed by atoms with van der Waals surface area (Å²) in [6, 6.07) is 0. The lowest BCUT2D eigenvalue weighted by Crippen LogP contribution is -2.40. The highest BCUT2D eigenvalue weighted by Gasteiger charge is 2.47. The highest BCUT2D eigenvalue weighted by molar-refractivity contribution is 6.83. The maximum atomic E-state index is 12.1. The van der Waals surface area contributed by atoms with Crippen LogP contribution in [-0.4, -0.2) is 34.2 Å². The molecule has 0 aliphatic rings. The zero-order valence-corrected chi connectivity index (χ0v) is 14.2. The molecule has 0 N–H and O–H groups in total. The summed E-state index contributed by atoms with van der Waals surface area (Å²) in [5.74, 6) is 1.77. The molecule has 0 bridgehead atoms. The van der Waals surface area contributed by atoms with Gasteiger partial charge in [-0.2, -0.15) is 0 Å². The van der Waals surface area contributed by atoms with Gasteiger partial charge < -0.3 is 9.47 Å². The number of esters is 2. The Labute approximate surface area is 122 Å². The minimum atomic E-state index is -1.56. The van der Waals surface area contributed by atoms with Crippen LogP contribution in [0, 0.1) is 16.9 Å². The second-order valence-corrected chi connectivity index (χ2v) is 10.3. The van der Waals surface area contributed by atoms with E-state index in [1.807, 2.05) is 6.92 Å². The lowest BCUT2D eigenvalue weighted by atomic mass is 9.81. The molecule has 20 heavy (non-hydrogen) atoms. The van der Waals surface area contributed by atoms with Gasteiger partial charge in [0.15, 0.2) is 5.41 Å². The number of hydrogen-bond donors (Lipinski definition) is 0. The van der Waals surface area contributed by atoms with Crippen LogP contribution in [0.2, 0.25) is 19.6 Å². The van der Waals surface area contributed by atoms with Crippen molar-refractivity contribution in [2.24, 2.45) is 5.41 Å². The molecular formula is C15H24O4Si. The molecule has 0 aliphatic heterocycles. The van der Waals surface area contributed by atoms with Crippen LogP contribution in [0.15, 0.2) is 12.2 Å². The van der Waals surface area contributed by atoms with Crippen LogP contribution in [0.1, 0.15) is 19.8 Å². The molecule has 0 saturated heterocycles. The third-order valence-corrected chi connectivity index (χ3v) is 3.63. The first-order valence-electron chi connectivity index (χ1n) is 6.51. The van der Waals surface area contributed by atoms with E-state index in [2.05, 4.69) is 31.1 Å². The first kappa shape index (κ1) is 18.5. The Hall–Kier alpha value is -1.54. The smallest absolute Gasteiger partial charge is 0.324 e. The molecule has 0 spiro atoms. The van der Waals surface area contributed by atoms with Gasteiger partial charge in [-0.05, 0) is 13.3 Å². The van der Waals surface area contributed by atoms with Gasteiger partial charge in [0.05, 0.1) is 14.2 Å². The lowest BCUT2D eigenvalue weighted by molar-refractivity contribution is -0.168. The Morgan fingerprint density at radius 3 is 2.00 bits per heavy atom. The molecule has 5 heteroatoms. The van der Waals surface area contributed by atoms with Gasteiger partial charge >= 0.3 is 11.9 Å². The van der Waals surface area contributed by atoms with E-state index in [4.69, 9.17) is 9.47 Å². The zero-order chi connectivity index (χ0) is 15.8. The molecule has 0 saturated carbocycles. The summed E-state index contributed by atoms with van der Waals surface area (Å²) in [5.41, 5.74) is 1.79. The molecule has 0 aromatic carbocycles. The maximum absolute atomic E-state index is 12.1. The van der Waals surface area contributed by atoms with Gasteiger partial charge in [-0.3, -0.25) is 9.59 Å². The molecule has 0 rings (SSSR count). The standard InChI is InChI=1S/C15H24O4Si/c1-7-8-10-15(13(16)18-2,14(17)19-3)11-9-12-20(4,5)6/h7-8H,10-11H2,1-6H3/b8-7+. The predicted octanol–water partition coefficient (Wildman–Crippen LogP) is 2.56. The van der Waals surface area contributed by atoms with E-state index in [1.165, 1.54) is 14.2 Å². The second kappa shape index (κ2) is 7.90. The van der Waals surface area contributed by atoms with Gasteiger partial charge in [-0.15, -0.1) is 11.5 Å². The Kier molecular flexibility index (Phi) is 7.29. The fraction of sp³-hybridized carbons (Fsp3) is 0.600. The Morgan fingerprint density at radius 2 is 1.65 bits per heavy atom. The van der Waals surface area contributed by atoms with Crippen molar-refractivity contribution in [3.63, 3.8) is 0 Å². The molecule has 112 valence electrons. The molecule has 0 fully saturated rings. The highest BCUT2D eigenvalue weighted by Crippen LogP contribution is 2.30. The molecule has 0 heterocycles. The Bertz CT molecular complexity index is 419. The van der Waals surface area contributed by atoms with Crippen molar-refractivity contribution in [3.8, 4) is 11.5 Å². The van der Waals surface area contributed by atoms with E-state index < -0.39 is 25.4 Å². The predicted molar refractivity (Wildman–Crippen MR) is 81.6 cm³/mol. The van der Waals surface area contributed by atoms with Crippen LogP contribution >= 0.6 is 0 Å². The van der Waals surface area contributed by atoms with E-state index in [-0.39, 0.29) is 12.8 Å². The summed E-state index contributed by atoms with van der Waals surface area (Å²) in [7, 11) is 0.969. The average Bonchev–Trinajstić information content (AvgIpc) is 2.39. The zero-order valence-electron chi connectivity index (χ0n) is 13.2. The summed E-state index contributed by atoms with van der Waals surface area (Å²) in [5, 5.41) is 0. The number of rotatable bonds is 5. The largest absolute Gasteiger partial charge is 0.468 e. The summed E-state index contributed by atoms with van der Waals surface area (Å²) in [6.07, 6.45) is 3.88. The Balaban J connectivity index is 5.53. The molecule has 0 radical (unpaired) electrons. The number of methoxy groups -OCH3 is 2. The number of ether oxygens (including phenoxy) is 2. The van der Waals surface area contributed by atoms with Crippen molar-refractivity contribution >= 4 is 20.0 Å². The van der Waals surface area contributed by atoms with Gasteiger partial charge in [0.1, 0.15) is 8.07 Å². The van der Waals surface area contributed by atoms with Crippen LogP contribution in [-0.2, 0) is 19.1 Å². The summed E-state index contributed by atoms with van der Waals surface area (Å²) in [6.45, 7) is 8.13. The third-order valence-electron chi connectivity index (χ3n) is 2.71. The van der Waals surface area contributed by atoms with Crippen molar-refractivity contribution in [2.75, 3.05) is 14.2 Å². The highest BCUT2D eigenvalue weighted by atomic mass is 28.3. The summed E-state index contributed by atoms with van der Waals surface area (Å²) < 4.78 is 9.58. The second-order valence-electron chi connectivity index (χ2n) is 5.57. The van der Waals surface area contributed by atoms with Crippen LogP contribution in [0.25, 0.3) is 0 Å². The third kappa shape index (κ3) is 5.22. The van der Waals surface area contributed by atoms with E-state index in [0.717, 1.165) is 0 Å². The van der Waals surface area contributed by atoms with Gasteiger partial charge in [0, 0.05) is 6.42 Å². The fourth-order valence-electron chi connectivity index (χ4n) is 1.64. The number of carbonyl (C=O) groups excluding carboxylic acids is 2. The monoisotopic (exact) mass is 296 g/mol. The van der Waals surface area contributed by atoms with Gasteiger partial charge in [0.25, 0.3) is 0 Å². The van der Waals surface area contributed by atoms with Gasteiger partial charge in [-0.1, -0.05) is 31.8 Å². The van der Waals surface area contributed by atoms with E-state index in [0.29, 0.717) is 0 Å². The summed E-state index contributed by atoms with van der Waals surface area (Å²) >= 11 is 0. The van der Waals surface area contributed by atoms with Crippen molar-refractivity contribution < 1.29 is 19.1 Å². The number of carbonyl (C=O) groups is 2. The SMILES string of the molecule is C/C=C/CC(CC#C[Si](C)(C)C)(C(=O)OC)C(=O)OC. The van der Waals surface area contributed by atoms with Crippen LogP contribution in [0.5, 0.6) is 0 Å². The van der Waals surface area contributed by atoms with E-state index >= 15 is 0 Å². The summed E-state index contributed by atoms with van der Waals surface area (Å²) in [4.78, 5) is 24.2. The first-order valence-corrected chi connectivity index (χ1v) is 10.0. The minimum Gasteiger partial charge on any atom is -0.468 e. The Morgan fingerprint density at radius 1 is 1.15 bits per heavy atom. The normalized spacial score (nSPS) is 11.7. The van der Waals surface area contributed by atoms with Gasteiger partial charge in [0.2, 0.25) is 0 Å². The average molecular weight is 296 g/mol. The topological polar surface area (TPSA) is 52.6 Å². The van der Waals surface area contributed by atoms with Crippen molar-refractivity contribution in [2.45, 2.75) is 39.4 Å². The minimum absolute atomic E-state index is 0.112. The van der Waals surface area contributed by atoms with E-state index in [9.17, 15) is 9.59 Å². The number of hydrogen-bond acceptors (Lipinski definition) is 4. The molecule has 0 aromatic heterocycles. The fourth-order valence-corrected chi connectivity index (χ4v) is 2.26. The lowest BCUT2D eigenvalue weighted by Gasteiger charge is -2.25. The molecular weight excluding hydrogens is 272 g/mol. The molecule has 0 unspecified atom stereocenters. The maximum Gasteiger partial charge on any atom is 0.324 e. The van der Waals surface area contributed by atoms with E-state index in [1.54, 1.807) is 12.2 Å². The van der Waals surface area contributed by atoms with Crippen molar-refractivity contribution in [1.29, 1.82) is 0 Å². The van der Waals surface area contributed by atoms with Crippen LogP contribution < -0.4 is 0 Å². The van der Waals surface area contributed by atoms with Gasteiger partial charge in [-0.25, -0.2) is 0 Å². The van der Waals surface area contributed by atoms with Crippen LogP contribution in [0.3, 0.4) is 0 Å². The first-order chi connectivity index (χ1) is 9.23.